The molecule has 0 aromatic heterocycles. The van der Waals surface area contributed by atoms with Gasteiger partial charge in [-0.25, -0.2) is 0 Å². The number of thioether (sulfide) groups is 1. The van der Waals surface area contributed by atoms with Crippen LogP contribution in [0.4, 0.5) is 0 Å². The van der Waals surface area contributed by atoms with Crippen LogP contribution in [0.15, 0.2) is 0 Å². The SMILES string of the molecule is CSC1(CNC(=O)CCC(C)(C)CCN)CCC1. The van der Waals surface area contributed by atoms with E-state index in [2.05, 4.69) is 25.4 Å². The van der Waals surface area contributed by atoms with Crippen molar-refractivity contribution in [1.82, 2.24) is 5.32 Å². The van der Waals surface area contributed by atoms with E-state index in [0.717, 1.165) is 19.4 Å². The van der Waals surface area contributed by atoms with E-state index in [1.54, 1.807) is 0 Å². The molecule has 0 radical (unpaired) electrons. The van der Waals surface area contributed by atoms with Gasteiger partial charge in [0.25, 0.3) is 0 Å². The van der Waals surface area contributed by atoms with Gasteiger partial charge in [0.1, 0.15) is 0 Å². The van der Waals surface area contributed by atoms with E-state index in [0.29, 0.717) is 17.7 Å². The lowest BCUT2D eigenvalue weighted by Crippen LogP contribution is -2.45. The topological polar surface area (TPSA) is 55.1 Å². The molecule has 1 amide bonds. The number of carbonyl (C=O) groups excluding carboxylic acids is 1. The summed E-state index contributed by atoms with van der Waals surface area (Å²) in [5.41, 5.74) is 5.76. The molecule has 0 aromatic rings. The minimum Gasteiger partial charge on any atom is -0.355 e. The first-order valence-electron chi connectivity index (χ1n) is 6.95. The molecule has 0 bridgehead atoms. The molecule has 1 aliphatic carbocycles. The van der Waals surface area contributed by atoms with E-state index in [1.807, 2.05) is 11.8 Å². The molecule has 0 spiro atoms. The molecule has 0 aliphatic heterocycles. The molecule has 0 saturated heterocycles. The highest BCUT2D eigenvalue weighted by Gasteiger charge is 2.36. The fourth-order valence-corrected chi connectivity index (χ4v) is 3.25. The highest BCUT2D eigenvalue weighted by molar-refractivity contribution is 8.00. The minimum absolute atomic E-state index is 0.180. The van der Waals surface area contributed by atoms with Gasteiger partial charge < -0.3 is 11.1 Å². The summed E-state index contributed by atoms with van der Waals surface area (Å²) in [6.07, 6.45) is 8.46. The van der Waals surface area contributed by atoms with Gasteiger partial charge in [0.2, 0.25) is 5.91 Å². The van der Waals surface area contributed by atoms with Gasteiger partial charge >= 0.3 is 0 Å². The van der Waals surface area contributed by atoms with E-state index in [-0.39, 0.29) is 11.3 Å². The summed E-state index contributed by atoms with van der Waals surface area (Å²) < 4.78 is 0.336. The second kappa shape index (κ2) is 6.80. The Hall–Kier alpha value is -0.220. The zero-order valence-corrected chi connectivity index (χ0v) is 12.9. The van der Waals surface area contributed by atoms with Crippen LogP contribution >= 0.6 is 11.8 Å². The maximum Gasteiger partial charge on any atom is 0.220 e. The Kier molecular flexibility index (Phi) is 5.99. The van der Waals surface area contributed by atoms with Crippen molar-refractivity contribution in [3.05, 3.63) is 0 Å². The van der Waals surface area contributed by atoms with Gasteiger partial charge in [-0.15, -0.1) is 0 Å². The zero-order chi connectivity index (χ0) is 13.6. The molecule has 1 aliphatic rings. The molecule has 3 nitrogen and oxygen atoms in total. The number of amides is 1. The normalized spacial score (nSPS) is 18.2. The lowest BCUT2D eigenvalue weighted by molar-refractivity contribution is -0.121. The van der Waals surface area contributed by atoms with Crippen molar-refractivity contribution in [2.75, 3.05) is 19.3 Å². The van der Waals surface area contributed by atoms with Crippen molar-refractivity contribution < 1.29 is 4.79 Å². The van der Waals surface area contributed by atoms with Crippen LogP contribution < -0.4 is 11.1 Å². The molecule has 4 heteroatoms. The van der Waals surface area contributed by atoms with Gasteiger partial charge in [-0.1, -0.05) is 20.3 Å². The Balaban J connectivity index is 2.21. The number of hydrogen-bond acceptors (Lipinski definition) is 3. The highest BCUT2D eigenvalue weighted by Crippen LogP contribution is 2.42. The third kappa shape index (κ3) is 4.81. The van der Waals surface area contributed by atoms with Crippen molar-refractivity contribution in [3.63, 3.8) is 0 Å². The second-order valence-electron chi connectivity index (χ2n) is 6.22. The molecule has 3 N–H and O–H groups in total. The summed E-state index contributed by atoms with van der Waals surface area (Å²) >= 11 is 1.90. The van der Waals surface area contributed by atoms with Crippen molar-refractivity contribution >= 4 is 17.7 Å². The van der Waals surface area contributed by atoms with Crippen LogP contribution in [0.25, 0.3) is 0 Å². The molecule has 0 unspecified atom stereocenters. The molecule has 0 aromatic carbocycles. The fraction of sp³-hybridized carbons (Fsp3) is 0.929. The molecule has 0 heterocycles. The van der Waals surface area contributed by atoms with Gasteiger partial charge in [-0.2, -0.15) is 11.8 Å². The average Bonchev–Trinajstić information content (AvgIpc) is 2.26. The van der Waals surface area contributed by atoms with E-state index >= 15 is 0 Å². The lowest BCUT2D eigenvalue weighted by Gasteiger charge is -2.40. The van der Waals surface area contributed by atoms with E-state index in [9.17, 15) is 4.79 Å². The maximum absolute atomic E-state index is 11.8. The summed E-state index contributed by atoms with van der Waals surface area (Å²) in [5.74, 6) is 0.195. The van der Waals surface area contributed by atoms with Crippen LogP contribution in [0.2, 0.25) is 0 Å². The van der Waals surface area contributed by atoms with Crippen LogP contribution in [-0.2, 0) is 4.79 Å². The Bertz CT molecular complexity index is 269. The Labute approximate surface area is 116 Å². The lowest BCUT2D eigenvalue weighted by atomic mass is 9.83. The Morgan fingerprint density at radius 2 is 2.06 bits per heavy atom. The number of carbonyl (C=O) groups is 1. The average molecular weight is 272 g/mol. The van der Waals surface area contributed by atoms with Gasteiger partial charge in [0.05, 0.1) is 0 Å². The molecular formula is C14H28N2OS. The summed E-state index contributed by atoms with van der Waals surface area (Å²) in [5, 5.41) is 3.10. The summed E-state index contributed by atoms with van der Waals surface area (Å²) in [7, 11) is 0. The van der Waals surface area contributed by atoms with E-state index in [1.165, 1.54) is 19.3 Å². The Morgan fingerprint density at radius 1 is 1.39 bits per heavy atom. The molecule has 18 heavy (non-hydrogen) atoms. The second-order valence-corrected chi connectivity index (χ2v) is 7.49. The van der Waals surface area contributed by atoms with Gasteiger partial charge in [0.15, 0.2) is 0 Å². The van der Waals surface area contributed by atoms with Crippen LogP contribution in [-0.4, -0.2) is 30.0 Å². The van der Waals surface area contributed by atoms with Crippen LogP contribution in [0.1, 0.15) is 52.4 Å². The summed E-state index contributed by atoms with van der Waals surface area (Å²) in [4.78, 5) is 11.8. The first-order chi connectivity index (χ1) is 8.43. The first-order valence-corrected chi connectivity index (χ1v) is 8.17. The van der Waals surface area contributed by atoms with Gasteiger partial charge in [-0.05, 0) is 43.9 Å². The molecular weight excluding hydrogens is 244 g/mol. The molecule has 0 atom stereocenters. The largest absolute Gasteiger partial charge is 0.355 e. The van der Waals surface area contributed by atoms with Crippen molar-refractivity contribution in [2.24, 2.45) is 11.1 Å². The monoisotopic (exact) mass is 272 g/mol. The predicted molar refractivity (Wildman–Crippen MR) is 79.8 cm³/mol. The smallest absolute Gasteiger partial charge is 0.220 e. The number of nitrogens with two attached hydrogens (primary N) is 1. The summed E-state index contributed by atoms with van der Waals surface area (Å²) in [6, 6.07) is 0. The zero-order valence-electron chi connectivity index (χ0n) is 12.1. The van der Waals surface area contributed by atoms with Crippen molar-refractivity contribution in [2.45, 2.75) is 57.1 Å². The van der Waals surface area contributed by atoms with E-state index in [4.69, 9.17) is 5.73 Å². The quantitative estimate of drug-likeness (QED) is 0.714. The van der Waals surface area contributed by atoms with Crippen molar-refractivity contribution in [3.8, 4) is 0 Å². The van der Waals surface area contributed by atoms with Gasteiger partial charge in [0, 0.05) is 17.7 Å². The van der Waals surface area contributed by atoms with E-state index < -0.39 is 0 Å². The minimum atomic E-state index is 0.180. The molecule has 1 rings (SSSR count). The molecule has 1 fully saturated rings. The number of hydrogen-bond donors (Lipinski definition) is 2. The number of nitrogens with one attached hydrogen (secondary N) is 1. The third-order valence-electron chi connectivity index (χ3n) is 4.16. The molecule has 106 valence electrons. The first kappa shape index (κ1) is 15.8. The van der Waals surface area contributed by atoms with Crippen LogP contribution in [0.5, 0.6) is 0 Å². The fourth-order valence-electron chi connectivity index (χ4n) is 2.34. The number of rotatable bonds is 8. The maximum atomic E-state index is 11.8. The predicted octanol–water partition coefficient (Wildman–Crippen LogP) is 2.54. The highest BCUT2D eigenvalue weighted by atomic mass is 32.2. The van der Waals surface area contributed by atoms with Crippen molar-refractivity contribution in [1.29, 1.82) is 0 Å². The van der Waals surface area contributed by atoms with Crippen LogP contribution in [0.3, 0.4) is 0 Å². The standard InChI is InChI=1S/C14H28N2OS/c1-13(2,9-10-15)8-5-12(17)16-11-14(18-3)6-4-7-14/h4-11,15H2,1-3H3,(H,16,17). The van der Waals surface area contributed by atoms with Crippen LogP contribution in [0, 0.1) is 5.41 Å². The Morgan fingerprint density at radius 3 is 2.50 bits per heavy atom. The summed E-state index contributed by atoms with van der Waals surface area (Å²) in [6.45, 7) is 5.90. The molecule has 1 saturated carbocycles. The van der Waals surface area contributed by atoms with Gasteiger partial charge in [-0.3, -0.25) is 4.79 Å². The third-order valence-corrected chi connectivity index (χ3v) is 5.57.